The molecule has 1 aliphatic carbocycles. The first-order valence-corrected chi connectivity index (χ1v) is 17.7. The molecule has 3 heteroatoms. The summed E-state index contributed by atoms with van der Waals surface area (Å²) in [6.07, 6.45) is 9.96. The zero-order valence-corrected chi connectivity index (χ0v) is 23.3. The topological polar surface area (TPSA) is 9.23 Å². The van der Waals surface area contributed by atoms with Gasteiger partial charge in [0.15, 0.2) is 0 Å². The molecule has 0 unspecified atom stereocenters. The van der Waals surface area contributed by atoms with Gasteiger partial charge < -0.3 is 0 Å². The van der Waals surface area contributed by atoms with Crippen LogP contribution in [0.15, 0.2) is 112 Å². The number of hydrogen-bond acceptors (Lipinski definition) is 1. The second-order valence-electron chi connectivity index (χ2n) is 9.58. The summed E-state index contributed by atoms with van der Waals surface area (Å²) in [5, 5.41) is 0. The molecule has 0 N–H and O–H groups in total. The van der Waals surface area contributed by atoms with Crippen LogP contribution >= 0.6 is 0 Å². The van der Waals surface area contributed by atoms with Crippen molar-refractivity contribution in [3.63, 3.8) is 0 Å². The van der Waals surface area contributed by atoms with Gasteiger partial charge in [-0.05, 0) is 0 Å². The summed E-state index contributed by atoms with van der Waals surface area (Å²) < 4.78 is 10.2. The van der Waals surface area contributed by atoms with E-state index in [4.69, 9.17) is 4.43 Å². The molecule has 0 aromatic heterocycles. The predicted molar refractivity (Wildman–Crippen MR) is 145 cm³/mol. The van der Waals surface area contributed by atoms with E-state index in [-0.39, 0.29) is 0 Å². The minimum atomic E-state index is -1.92. The fraction of sp³-hybridized carbons (Fsp3) is 0.267. The summed E-state index contributed by atoms with van der Waals surface area (Å²) in [7, 11) is -1.92. The number of rotatable bonds is 8. The third-order valence-electron chi connectivity index (χ3n) is 5.79. The van der Waals surface area contributed by atoms with E-state index < -0.39 is 34.8 Å². The molecule has 0 atom stereocenters. The monoisotopic (exact) mass is 568 g/mol. The molecule has 1 nitrogen and oxygen atoms in total. The van der Waals surface area contributed by atoms with E-state index in [0.29, 0.717) is 0 Å². The van der Waals surface area contributed by atoms with Gasteiger partial charge in [-0.3, -0.25) is 0 Å². The van der Waals surface area contributed by atoms with Crippen molar-refractivity contribution in [1.82, 2.24) is 0 Å². The zero-order chi connectivity index (χ0) is 23.2. The second kappa shape index (κ2) is 11.0. The molecule has 0 amide bonds. The average Bonchev–Trinajstić information content (AvgIpc) is 2.84. The first-order chi connectivity index (χ1) is 16.0. The van der Waals surface area contributed by atoms with Gasteiger partial charge in [-0.25, -0.2) is 0 Å². The van der Waals surface area contributed by atoms with E-state index in [1.807, 2.05) is 0 Å². The van der Waals surface area contributed by atoms with Gasteiger partial charge in [-0.15, -0.1) is 0 Å². The summed E-state index contributed by atoms with van der Waals surface area (Å²) in [6.45, 7) is 6.90. The quantitative estimate of drug-likeness (QED) is 0.262. The summed E-state index contributed by atoms with van der Waals surface area (Å²) in [6, 6.07) is 32.8. The summed E-state index contributed by atoms with van der Waals surface area (Å²) in [5.74, 6) is 0. The van der Waals surface area contributed by atoms with E-state index in [1.54, 1.807) is 5.57 Å². The van der Waals surface area contributed by atoms with E-state index in [1.165, 1.54) is 44.0 Å². The molecule has 0 saturated carbocycles. The summed E-state index contributed by atoms with van der Waals surface area (Å²) >= 11 is -0.556. The van der Waals surface area contributed by atoms with Crippen molar-refractivity contribution < 1.29 is 4.43 Å². The normalized spacial score (nSPS) is 15.2. The molecule has 3 aromatic carbocycles. The molecule has 0 bridgehead atoms. The third kappa shape index (κ3) is 6.37. The molecule has 1 aliphatic rings. The Morgan fingerprint density at radius 2 is 1.33 bits per heavy atom. The van der Waals surface area contributed by atoms with E-state index in [9.17, 15) is 0 Å². The van der Waals surface area contributed by atoms with Crippen molar-refractivity contribution in [3.8, 4) is 0 Å². The number of hydrogen-bond donors (Lipinski definition) is 0. The van der Waals surface area contributed by atoms with Crippen LogP contribution in [0.1, 0.15) is 36.8 Å². The Morgan fingerprint density at radius 1 is 0.788 bits per heavy atom. The van der Waals surface area contributed by atoms with Gasteiger partial charge >= 0.3 is 212 Å². The van der Waals surface area contributed by atoms with E-state index >= 15 is 0 Å². The maximum absolute atomic E-state index is 7.21. The van der Waals surface area contributed by atoms with Crippen LogP contribution in [0.2, 0.25) is 19.6 Å². The minimum absolute atomic E-state index is 0.556. The van der Waals surface area contributed by atoms with E-state index in [0.717, 1.165) is 0 Å². The molecular weight excluding hydrogens is 532 g/mol. The first-order valence-electron chi connectivity index (χ1n) is 11.9. The van der Waals surface area contributed by atoms with Crippen LogP contribution in [0.25, 0.3) is 0 Å². The van der Waals surface area contributed by atoms with Gasteiger partial charge in [0.25, 0.3) is 0 Å². The molecule has 4 rings (SSSR count). The molecule has 170 valence electrons. The molecule has 0 saturated heterocycles. The van der Waals surface area contributed by atoms with Crippen molar-refractivity contribution in [1.29, 1.82) is 0 Å². The standard InChI is InChI=1S/C30H34OSiTe/c1-32(2,3)31-30(26-18-10-5-11-19-26,27-20-12-6-13-21-27)24-29(25-16-8-4-9-17-25)33-28-22-14-7-15-23-28/h5-7,10-16,18-24H,4,8-9,17H2,1-3H3/b29-24+. The Labute approximate surface area is 210 Å². The SMILES string of the molecule is C[Si](C)(C)OC(/C=C(/[Te]c1ccccc1)C1=CCCCC1)(c1ccccc1)c1ccccc1. The maximum atomic E-state index is 7.21. The number of benzene rings is 3. The van der Waals surface area contributed by atoms with Gasteiger partial charge in [-0.2, -0.15) is 0 Å². The van der Waals surface area contributed by atoms with Crippen LogP contribution in [0.3, 0.4) is 0 Å². The average molecular weight is 566 g/mol. The van der Waals surface area contributed by atoms with Crippen molar-refractivity contribution in [2.24, 2.45) is 0 Å². The first kappa shape index (κ1) is 24.2. The van der Waals surface area contributed by atoms with Gasteiger partial charge in [0.1, 0.15) is 0 Å². The Morgan fingerprint density at radius 3 is 1.82 bits per heavy atom. The van der Waals surface area contributed by atoms with Gasteiger partial charge in [-0.1, -0.05) is 0 Å². The Hall–Kier alpha value is -1.89. The molecule has 0 aliphatic heterocycles. The predicted octanol–water partition coefficient (Wildman–Crippen LogP) is 7.20. The molecular formula is C30H34OSiTe. The molecule has 3 aromatic rings. The van der Waals surface area contributed by atoms with Crippen LogP contribution in [0, 0.1) is 0 Å². The Kier molecular flexibility index (Phi) is 8.09. The third-order valence-corrected chi connectivity index (χ3v) is 9.88. The van der Waals surface area contributed by atoms with Gasteiger partial charge in [0, 0.05) is 0 Å². The van der Waals surface area contributed by atoms with E-state index in [2.05, 4.69) is 123 Å². The fourth-order valence-corrected chi connectivity index (χ4v) is 8.75. The Bertz CT molecular complexity index is 1040. The molecule has 0 spiro atoms. The van der Waals surface area contributed by atoms with Crippen LogP contribution in [-0.4, -0.2) is 29.2 Å². The molecule has 0 fully saturated rings. The van der Waals surface area contributed by atoms with Crippen molar-refractivity contribution in [3.05, 3.63) is 123 Å². The Balaban J connectivity index is 1.95. The zero-order valence-electron chi connectivity index (χ0n) is 20.0. The second-order valence-corrected chi connectivity index (χ2v) is 17.2. The van der Waals surface area contributed by atoms with Crippen LogP contribution < -0.4 is 3.61 Å². The van der Waals surface area contributed by atoms with Crippen molar-refractivity contribution in [2.75, 3.05) is 0 Å². The van der Waals surface area contributed by atoms with Gasteiger partial charge in [0.2, 0.25) is 0 Å². The van der Waals surface area contributed by atoms with Crippen molar-refractivity contribution >= 4 is 32.9 Å². The molecule has 0 heterocycles. The van der Waals surface area contributed by atoms with Crippen LogP contribution in [0.4, 0.5) is 0 Å². The van der Waals surface area contributed by atoms with Gasteiger partial charge in [0.05, 0.1) is 0 Å². The summed E-state index contributed by atoms with van der Waals surface area (Å²) in [5.41, 5.74) is 3.39. The molecule has 33 heavy (non-hydrogen) atoms. The van der Waals surface area contributed by atoms with Crippen LogP contribution in [0.5, 0.6) is 0 Å². The fourth-order valence-electron chi connectivity index (χ4n) is 4.38. The van der Waals surface area contributed by atoms with Crippen molar-refractivity contribution in [2.45, 2.75) is 50.9 Å². The number of allylic oxidation sites excluding steroid dienone is 3. The molecule has 0 radical (unpaired) electrons. The summed E-state index contributed by atoms with van der Waals surface area (Å²) in [4.78, 5) is 0. The van der Waals surface area contributed by atoms with Crippen LogP contribution in [-0.2, 0) is 10.0 Å².